The fourth-order valence-electron chi connectivity index (χ4n) is 1.41. The molecule has 0 aliphatic heterocycles. The lowest BCUT2D eigenvalue weighted by Gasteiger charge is -2.00. The monoisotopic (exact) mass is 220 g/mol. The van der Waals surface area contributed by atoms with E-state index in [4.69, 9.17) is 0 Å². The first-order valence-electron chi connectivity index (χ1n) is 5.31. The van der Waals surface area contributed by atoms with E-state index in [1.165, 1.54) is 0 Å². The molecule has 2 nitrogen and oxygen atoms in total. The molecule has 0 bridgehead atoms. The molecule has 0 spiro atoms. The van der Waals surface area contributed by atoms with Gasteiger partial charge in [0.1, 0.15) is 11.4 Å². The zero-order valence-electron chi connectivity index (χ0n) is 9.64. The second-order valence-electron chi connectivity index (χ2n) is 3.64. The van der Waals surface area contributed by atoms with Gasteiger partial charge in [-0.25, -0.2) is 9.97 Å². The number of pyridine rings is 2. The van der Waals surface area contributed by atoms with Crippen molar-refractivity contribution < 1.29 is 0 Å². The van der Waals surface area contributed by atoms with Crippen LogP contribution in [-0.4, -0.2) is 9.97 Å². The van der Waals surface area contributed by atoms with Crippen LogP contribution in [0, 0.1) is 11.8 Å². The van der Waals surface area contributed by atoms with Crippen molar-refractivity contribution in [1.29, 1.82) is 0 Å². The average molecular weight is 220 g/mol. The highest BCUT2D eigenvalue weighted by Gasteiger charge is 1.99. The topological polar surface area (TPSA) is 25.8 Å². The van der Waals surface area contributed by atoms with Gasteiger partial charge in [-0.2, -0.15) is 0 Å². The molecule has 2 heterocycles. The molecule has 2 heteroatoms. The quantitative estimate of drug-likeness (QED) is 0.690. The summed E-state index contributed by atoms with van der Waals surface area (Å²) in [7, 11) is 0. The number of rotatable bonds is 1. The third kappa shape index (κ3) is 2.79. The molecule has 0 atom stereocenters. The van der Waals surface area contributed by atoms with Gasteiger partial charge in [-0.15, -0.1) is 0 Å². The van der Waals surface area contributed by atoms with Gasteiger partial charge in [0.2, 0.25) is 0 Å². The summed E-state index contributed by atoms with van der Waals surface area (Å²) in [5, 5.41) is 0. The molecule has 17 heavy (non-hydrogen) atoms. The lowest BCUT2D eigenvalue weighted by Crippen LogP contribution is -1.90. The SMILES string of the molecule is C=C(C)c1cccnc1C#Cc1ccccn1. The van der Waals surface area contributed by atoms with Gasteiger partial charge in [-0.1, -0.05) is 18.7 Å². The first kappa shape index (κ1) is 11.1. The van der Waals surface area contributed by atoms with E-state index in [1.807, 2.05) is 37.3 Å². The Kier molecular flexibility index (Phi) is 3.32. The Morgan fingerprint density at radius 1 is 1.06 bits per heavy atom. The Labute approximate surface area is 101 Å². The third-order valence-electron chi connectivity index (χ3n) is 2.24. The first-order valence-corrected chi connectivity index (χ1v) is 5.31. The molecular formula is C15H12N2. The molecule has 0 unspecified atom stereocenters. The summed E-state index contributed by atoms with van der Waals surface area (Å²) in [4.78, 5) is 8.40. The van der Waals surface area contributed by atoms with Crippen molar-refractivity contribution in [2.45, 2.75) is 6.92 Å². The molecule has 0 saturated carbocycles. The summed E-state index contributed by atoms with van der Waals surface area (Å²) in [6, 6.07) is 9.50. The van der Waals surface area contributed by atoms with Crippen LogP contribution in [0.25, 0.3) is 5.57 Å². The van der Waals surface area contributed by atoms with Crippen LogP contribution < -0.4 is 0 Å². The van der Waals surface area contributed by atoms with Crippen molar-refractivity contribution in [2.24, 2.45) is 0 Å². The fourth-order valence-corrected chi connectivity index (χ4v) is 1.41. The van der Waals surface area contributed by atoms with E-state index in [1.54, 1.807) is 12.4 Å². The molecule has 82 valence electrons. The predicted molar refractivity (Wildman–Crippen MR) is 69.2 cm³/mol. The van der Waals surface area contributed by atoms with Gasteiger partial charge < -0.3 is 0 Å². The highest BCUT2D eigenvalue weighted by molar-refractivity contribution is 5.66. The standard InChI is InChI=1S/C15H12N2/c1-12(2)14-7-5-11-17-15(14)9-8-13-6-3-4-10-16-13/h3-7,10-11H,1H2,2H3. The van der Waals surface area contributed by atoms with Crippen LogP contribution in [0.15, 0.2) is 49.3 Å². The van der Waals surface area contributed by atoms with Crippen LogP contribution in [0.5, 0.6) is 0 Å². The van der Waals surface area contributed by atoms with Gasteiger partial charge >= 0.3 is 0 Å². The Hall–Kier alpha value is -2.40. The minimum atomic E-state index is 0.741. The molecule has 0 radical (unpaired) electrons. The van der Waals surface area contributed by atoms with Crippen LogP contribution in [0.4, 0.5) is 0 Å². The predicted octanol–water partition coefficient (Wildman–Crippen LogP) is 2.91. The Morgan fingerprint density at radius 2 is 1.88 bits per heavy atom. The van der Waals surface area contributed by atoms with E-state index < -0.39 is 0 Å². The van der Waals surface area contributed by atoms with E-state index in [9.17, 15) is 0 Å². The van der Waals surface area contributed by atoms with Gasteiger partial charge in [0.15, 0.2) is 0 Å². The number of allylic oxidation sites excluding steroid dienone is 1. The number of aromatic nitrogens is 2. The minimum absolute atomic E-state index is 0.741. The molecule has 0 aromatic carbocycles. The third-order valence-corrected chi connectivity index (χ3v) is 2.24. The van der Waals surface area contributed by atoms with E-state index in [0.29, 0.717) is 0 Å². The lowest BCUT2D eigenvalue weighted by atomic mass is 10.1. The van der Waals surface area contributed by atoms with Crippen LogP contribution in [0.1, 0.15) is 23.9 Å². The molecule has 2 aromatic rings. The van der Waals surface area contributed by atoms with Crippen molar-refractivity contribution in [3.8, 4) is 11.8 Å². The summed E-state index contributed by atoms with van der Waals surface area (Å²) >= 11 is 0. The van der Waals surface area contributed by atoms with Gasteiger partial charge in [0.05, 0.1) is 0 Å². The first-order chi connectivity index (χ1) is 8.27. The van der Waals surface area contributed by atoms with Crippen LogP contribution in [0.2, 0.25) is 0 Å². The van der Waals surface area contributed by atoms with Crippen molar-refractivity contribution in [3.63, 3.8) is 0 Å². The normalized spacial score (nSPS) is 9.24. The van der Waals surface area contributed by atoms with Crippen LogP contribution >= 0.6 is 0 Å². The number of nitrogens with zero attached hydrogens (tertiary/aromatic N) is 2. The summed E-state index contributed by atoms with van der Waals surface area (Å²) in [5.41, 5.74) is 3.43. The van der Waals surface area contributed by atoms with Gasteiger partial charge in [0, 0.05) is 18.0 Å². The molecule has 0 aliphatic rings. The maximum Gasteiger partial charge on any atom is 0.121 e. The molecular weight excluding hydrogens is 208 g/mol. The molecule has 2 rings (SSSR count). The fraction of sp³-hybridized carbons (Fsp3) is 0.0667. The van der Waals surface area contributed by atoms with Gasteiger partial charge in [0.25, 0.3) is 0 Å². The molecule has 0 aliphatic carbocycles. The van der Waals surface area contributed by atoms with Gasteiger partial charge in [-0.05, 0) is 42.5 Å². The number of hydrogen-bond acceptors (Lipinski definition) is 2. The van der Waals surface area contributed by atoms with E-state index in [2.05, 4.69) is 28.4 Å². The van der Waals surface area contributed by atoms with E-state index in [-0.39, 0.29) is 0 Å². The largest absolute Gasteiger partial charge is 0.248 e. The van der Waals surface area contributed by atoms with E-state index in [0.717, 1.165) is 22.5 Å². The smallest absolute Gasteiger partial charge is 0.121 e. The summed E-state index contributed by atoms with van der Waals surface area (Å²) in [6.07, 6.45) is 3.46. The van der Waals surface area contributed by atoms with Crippen molar-refractivity contribution in [2.75, 3.05) is 0 Å². The highest BCUT2D eigenvalue weighted by Crippen LogP contribution is 2.13. The second-order valence-corrected chi connectivity index (χ2v) is 3.64. The highest BCUT2D eigenvalue weighted by atomic mass is 14.7. The molecule has 0 fully saturated rings. The van der Waals surface area contributed by atoms with Crippen molar-refractivity contribution in [3.05, 3.63) is 66.3 Å². The molecule has 0 N–H and O–H groups in total. The molecule has 2 aromatic heterocycles. The number of hydrogen-bond donors (Lipinski definition) is 0. The van der Waals surface area contributed by atoms with Crippen molar-refractivity contribution in [1.82, 2.24) is 9.97 Å². The Morgan fingerprint density at radius 3 is 2.59 bits per heavy atom. The second kappa shape index (κ2) is 5.09. The summed E-state index contributed by atoms with van der Waals surface area (Å²) in [5.74, 6) is 6.02. The van der Waals surface area contributed by atoms with Gasteiger partial charge in [-0.3, -0.25) is 0 Å². The zero-order valence-corrected chi connectivity index (χ0v) is 9.64. The lowest BCUT2D eigenvalue weighted by molar-refractivity contribution is 1.26. The Balaban J connectivity index is 2.38. The van der Waals surface area contributed by atoms with Crippen LogP contribution in [0.3, 0.4) is 0 Å². The van der Waals surface area contributed by atoms with E-state index >= 15 is 0 Å². The van der Waals surface area contributed by atoms with Crippen LogP contribution in [-0.2, 0) is 0 Å². The molecule has 0 saturated heterocycles. The maximum atomic E-state index is 4.25. The molecule has 0 amide bonds. The Bertz CT molecular complexity index is 589. The summed E-state index contributed by atoms with van der Waals surface area (Å²) < 4.78 is 0. The minimum Gasteiger partial charge on any atom is -0.248 e. The average Bonchev–Trinajstić information content (AvgIpc) is 2.38. The maximum absolute atomic E-state index is 4.25. The summed E-state index contributed by atoms with van der Waals surface area (Å²) in [6.45, 7) is 5.87. The zero-order chi connectivity index (χ0) is 12.1. The van der Waals surface area contributed by atoms with Crippen molar-refractivity contribution >= 4 is 5.57 Å².